The molecule has 1 fully saturated rings. The quantitative estimate of drug-likeness (QED) is 0.832. The van der Waals surface area contributed by atoms with E-state index >= 15 is 0 Å². The summed E-state index contributed by atoms with van der Waals surface area (Å²) in [4.78, 5) is 14.9. The van der Waals surface area contributed by atoms with E-state index in [1.165, 1.54) is 11.3 Å². The highest BCUT2D eigenvalue weighted by Gasteiger charge is 2.28. The van der Waals surface area contributed by atoms with E-state index in [2.05, 4.69) is 30.6 Å². The van der Waals surface area contributed by atoms with Crippen molar-refractivity contribution in [1.29, 1.82) is 0 Å². The van der Waals surface area contributed by atoms with Gasteiger partial charge in [0.1, 0.15) is 4.88 Å². The zero-order chi connectivity index (χ0) is 14.0. The number of nitrogens with zero attached hydrogens (tertiary/aromatic N) is 1. The maximum atomic E-state index is 11.9. The van der Waals surface area contributed by atoms with Crippen LogP contribution in [0.4, 0.5) is 10.7 Å². The van der Waals surface area contributed by atoms with Crippen LogP contribution in [0.1, 0.15) is 23.5 Å². The van der Waals surface area contributed by atoms with E-state index in [-0.39, 0.29) is 5.91 Å². The van der Waals surface area contributed by atoms with Crippen molar-refractivity contribution >= 4 is 27.9 Å². The largest absolute Gasteiger partial charge is 0.397 e. The molecule has 1 aromatic rings. The number of nitrogens with two attached hydrogens (primary N) is 1. The molecule has 0 radical (unpaired) electrons. The first-order chi connectivity index (χ1) is 9.02. The summed E-state index contributed by atoms with van der Waals surface area (Å²) in [6.45, 7) is 10.6. The normalized spacial score (nSPS) is 22.5. The van der Waals surface area contributed by atoms with Gasteiger partial charge in [0.2, 0.25) is 0 Å². The van der Waals surface area contributed by atoms with E-state index in [0.717, 1.165) is 18.1 Å². The lowest BCUT2D eigenvalue weighted by Crippen LogP contribution is -2.23. The van der Waals surface area contributed by atoms with Gasteiger partial charge in [-0.25, -0.2) is 0 Å². The van der Waals surface area contributed by atoms with Crippen molar-refractivity contribution in [2.24, 2.45) is 11.8 Å². The first kappa shape index (κ1) is 13.9. The van der Waals surface area contributed by atoms with E-state index in [0.29, 0.717) is 28.9 Å². The molecule has 3 N–H and O–H groups in total. The maximum Gasteiger partial charge on any atom is 0.263 e. The van der Waals surface area contributed by atoms with Gasteiger partial charge in [-0.2, -0.15) is 0 Å². The summed E-state index contributed by atoms with van der Waals surface area (Å²) < 4.78 is 0. The predicted molar refractivity (Wildman–Crippen MR) is 81.8 cm³/mol. The van der Waals surface area contributed by atoms with E-state index in [1.54, 1.807) is 6.08 Å². The van der Waals surface area contributed by atoms with Crippen LogP contribution in [0.3, 0.4) is 0 Å². The number of anilines is 2. The molecular weight excluding hydrogens is 258 g/mol. The van der Waals surface area contributed by atoms with Crippen molar-refractivity contribution in [1.82, 2.24) is 5.32 Å². The lowest BCUT2D eigenvalue weighted by atomic mass is 10.0. The van der Waals surface area contributed by atoms with Crippen LogP contribution in [0.25, 0.3) is 0 Å². The maximum absolute atomic E-state index is 11.9. The molecule has 0 spiro atoms. The average molecular weight is 279 g/mol. The molecule has 2 atom stereocenters. The third-order valence-electron chi connectivity index (χ3n) is 3.66. The molecule has 2 rings (SSSR count). The van der Waals surface area contributed by atoms with Crippen LogP contribution in [0.15, 0.2) is 18.7 Å². The second-order valence-electron chi connectivity index (χ2n) is 5.23. The fourth-order valence-corrected chi connectivity index (χ4v) is 3.29. The Morgan fingerprint density at radius 1 is 1.58 bits per heavy atom. The minimum absolute atomic E-state index is 0.117. The minimum atomic E-state index is -0.117. The highest BCUT2D eigenvalue weighted by Crippen LogP contribution is 2.36. The van der Waals surface area contributed by atoms with E-state index in [9.17, 15) is 4.79 Å². The molecule has 1 aromatic heterocycles. The Morgan fingerprint density at radius 3 is 2.79 bits per heavy atom. The van der Waals surface area contributed by atoms with Crippen LogP contribution in [-0.4, -0.2) is 25.5 Å². The number of amides is 1. The Morgan fingerprint density at radius 2 is 2.21 bits per heavy atom. The van der Waals surface area contributed by atoms with Gasteiger partial charge in [-0.3, -0.25) is 4.79 Å². The van der Waals surface area contributed by atoms with Gasteiger partial charge in [0.05, 0.1) is 10.7 Å². The van der Waals surface area contributed by atoms with Crippen LogP contribution < -0.4 is 16.0 Å². The molecule has 104 valence electrons. The van der Waals surface area contributed by atoms with Gasteiger partial charge in [-0.1, -0.05) is 19.9 Å². The summed E-state index contributed by atoms with van der Waals surface area (Å²) in [7, 11) is 0. The van der Waals surface area contributed by atoms with Gasteiger partial charge >= 0.3 is 0 Å². The first-order valence-corrected chi connectivity index (χ1v) is 7.38. The fourth-order valence-electron chi connectivity index (χ4n) is 2.28. The Kier molecular flexibility index (Phi) is 4.14. The highest BCUT2D eigenvalue weighted by molar-refractivity contribution is 7.18. The average Bonchev–Trinajstić information content (AvgIpc) is 2.91. The van der Waals surface area contributed by atoms with Crippen molar-refractivity contribution in [3.8, 4) is 0 Å². The molecule has 2 heterocycles. The summed E-state index contributed by atoms with van der Waals surface area (Å²) in [5.74, 6) is 1.25. The predicted octanol–water partition coefficient (Wildman–Crippen LogP) is 2.34. The van der Waals surface area contributed by atoms with Gasteiger partial charge in [0.15, 0.2) is 0 Å². The Labute approximate surface area is 118 Å². The molecule has 0 saturated carbocycles. The monoisotopic (exact) mass is 279 g/mol. The number of hydrogen-bond donors (Lipinski definition) is 2. The van der Waals surface area contributed by atoms with Crippen LogP contribution in [0, 0.1) is 11.8 Å². The molecule has 4 nitrogen and oxygen atoms in total. The number of carbonyl (C=O) groups is 1. The highest BCUT2D eigenvalue weighted by atomic mass is 32.1. The van der Waals surface area contributed by atoms with E-state index < -0.39 is 0 Å². The first-order valence-electron chi connectivity index (χ1n) is 6.56. The number of rotatable bonds is 4. The summed E-state index contributed by atoms with van der Waals surface area (Å²) in [5.41, 5.74) is 6.51. The molecule has 0 aromatic carbocycles. The molecular formula is C14H21N3OS. The number of nitrogen functional groups attached to an aromatic ring is 1. The zero-order valence-electron chi connectivity index (χ0n) is 11.5. The summed E-state index contributed by atoms with van der Waals surface area (Å²) in [5, 5.41) is 3.86. The Bertz CT molecular complexity index is 473. The zero-order valence-corrected chi connectivity index (χ0v) is 12.3. The standard InChI is InChI=1S/C14H21N3OS/c1-4-5-16-14(18)13-11(15)6-12(19-13)17-7-9(2)10(3)8-17/h4,6,9-10H,1,5,7-8,15H2,2-3H3,(H,16,18). The van der Waals surface area contributed by atoms with Crippen molar-refractivity contribution in [3.05, 3.63) is 23.6 Å². The lowest BCUT2D eigenvalue weighted by molar-refractivity contribution is 0.0963. The number of thiophene rings is 1. The third-order valence-corrected chi connectivity index (χ3v) is 4.87. The molecule has 1 aliphatic heterocycles. The van der Waals surface area contributed by atoms with Crippen molar-refractivity contribution < 1.29 is 4.79 Å². The van der Waals surface area contributed by atoms with Gasteiger partial charge < -0.3 is 16.0 Å². The van der Waals surface area contributed by atoms with Crippen molar-refractivity contribution in [3.63, 3.8) is 0 Å². The Balaban J connectivity index is 2.12. The minimum Gasteiger partial charge on any atom is -0.397 e. The van der Waals surface area contributed by atoms with Crippen LogP contribution in [-0.2, 0) is 0 Å². The van der Waals surface area contributed by atoms with Crippen molar-refractivity contribution in [2.75, 3.05) is 30.3 Å². The summed E-state index contributed by atoms with van der Waals surface area (Å²) in [6.07, 6.45) is 1.66. The van der Waals surface area contributed by atoms with Gasteiger partial charge in [0.25, 0.3) is 5.91 Å². The summed E-state index contributed by atoms with van der Waals surface area (Å²) in [6, 6.07) is 1.91. The van der Waals surface area contributed by atoms with Crippen LogP contribution in [0.5, 0.6) is 0 Å². The second kappa shape index (κ2) is 5.65. The molecule has 1 aliphatic rings. The fraction of sp³-hybridized carbons (Fsp3) is 0.500. The number of nitrogens with one attached hydrogen (secondary N) is 1. The second-order valence-corrected chi connectivity index (χ2v) is 6.26. The molecule has 19 heavy (non-hydrogen) atoms. The molecule has 0 bridgehead atoms. The van der Waals surface area contributed by atoms with Crippen molar-refractivity contribution in [2.45, 2.75) is 13.8 Å². The molecule has 2 unspecified atom stereocenters. The van der Waals surface area contributed by atoms with Crippen LogP contribution >= 0.6 is 11.3 Å². The van der Waals surface area contributed by atoms with Gasteiger partial charge in [0, 0.05) is 19.6 Å². The van der Waals surface area contributed by atoms with Gasteiger partial charge in [-0.15, -0.1) is 17.9 Å². The van der Waals surface area contributed by atoms with E-state index in [1.807, 2.05) is 6.07 Å². The van der Waals surface area contributed by atoms with Gasteiger partial charge in [-0.05, 0) is 17.9 Å². The van der Waals surface area contributed by atoms with Crippen LogP contribution in [0.2, 0.25) is 0 Å². The SMILES string of the molecule is C=CCNC(=O)c1sc(N2CC(C)C(C)C2)cc1N. The number of carbonyl (C=O) groups excluding carboxylic acids is 1. The smallest absolute Gasteiger partial charge is 0.263 e. The molecule has 5 heteroatoms. The molecule has 1 amide bonds. The van der Waals surface area contributed by atoms with E-state index in [4.69, 9.17) is 5.73 Å². The molecule has 0 aliphatic carbocycles. The lowest BCUT2D eigenvalue weighted by Gasteiger charge is -2.15. The topological polar surface area (TPSA) is 58.4 Å². The number of hydrogen-bond acceptors (Lipinski definition) is 4. The third kappa shape index (κ3) is 2.92. The summed E-state index contributed by atoms with van der Waals surface area (Å²) >= 11 is 1.47. The molecule has 1 saturated heterocycles. The Hall–Kier alpha value is -1.49.